The molecular formula is C11H22N2O. The Kier molecular flexibility index (Phi) is 4.39. The van der Waals surface area contributed by atoms with Crippen LogP contribution in [0.1, 0.15) is 39.5 Å². The lowest BCUT2D eigenvalue weighted by Crippen LogP contribution is -2.30. The van der Waals surface area contributed by atoms with E-state index in [1.165, 1.54) is 19.3 Å². The molecule has 0 heterocycles. The van der Waals surface area contributed by atoms with E-state index in [4.69, 9.17) is 0 Å². The fourth-order valence-corrected chi connectivity index (χ4v) is 1.67. The third kappa shape index (κ3) is 3.66. The van der Waals surface area contributed by atoms with Crippen molar-refractivity contribution < 1.29 is 4.79 Å². The SMILES string of the molecule is CCNC(=O)CCNCC1(CC)CC1. The van der Waals surface area contributed by atoms with Crippen molar-refractivity contribution in [1.82, 2.24) is 10.6 Å². The molecule has 0 atom stereocenters. The third-order valence-electron chi connectivity index (χ3n) is 3.11. The molecule has 0 unspecified atom stereocenters. The van der Waals surface area contributed by atoms with Gasteiger partial charge in [-0.05, 0) is 31.6 Å². The lowest BCUT2D eigenvalue weighted by atomic mass is 10.0. The number of rotatable bonds is 7. The maximum Gasteiger partial charge on any atom is 0.221 e. The number of nitrogens with one attached hydrogen (secondary N) is 2. The number of hydrogen-bond acceptors (Lipinski definition) is 2. The zero-order valence-electron chi connectivity index (χ0n) is 9.36. The quantitative estimate of drug-likeness (QED) is 0.605. The van der Waals surface area contributed by atoms with Crippen LogP contribution in [0.4, 0.5) is 0 Å². The van der Waals surface area contributed by atoms with E-state index in [0.717, 1.165) is 19.6 Å². The molecular weight excluding hydrogens is 176 g/mol. The molecule has 1 rings (SSSR count). The predicted octanol–water partition coefficient (Wildman–Crippen LogP) is 1.29. The van der Waals surface area contributed by atoms with Crippen LogP contribution in [0.15, 0.2) is 0 Å². The average molecular weight is 198 g/mol. The first-order chi connectivity index (χ1) is 6.72. The van der Waals surface area contributed by atoms with E-state index >= 15 is 0 Å². The van der Waals surface area contributed by atoms with Gasteiger partial charge >= 0.3 is 0 Å². The van der Waals surface area contributed by atoms with Crippen LogP contribution >= 0.6 is 0 Å². The highest BCUT2D eigenvalue weighted by atomic mass is 16.1. The Morgan fingerprint density at radius 2 is 2.07 bits per heavy atom. The van der Waals surface area contributed by atoms with Crippen molar-refractivity contribution in [3.05, 3.63) is 0 Å². The van der Waals surface area contributed by atoms with Gasteiger partial charge in [0.25, 0.3) is 0 Å². The van der Waals surface area contributed by atoms with Gasteiger partial charge in [-0.3, -0.25) is 4.79 Å². The topological polar surface area (TPSA) is 41.1 Å². The van der Waals surface area contributed by atoms with Crippen LogP contribution in [0.25, 0.3) is 0 Å². The van der Waals surface area contributed by atoms with Gasteiger partial charge in [0, 0.05) is 26.1 Å². The minimum absolute atomic E-state index is 0.154. The summed E-state index contributed by atoms with van der Waals surface area (Å²) in [4.78, 5) is 11.1. The molecule has 2 N–H and O–H groups in total. The molecule has 0 bridgehead atoms. The van der Waals surface area contributed by atoms with Crippen molar-refractivity contribution in [2.75, 3.05) is 19.6 Å². The first kappa shape index (κ1) is 11.5. The van der Waals surface area contributed by atoms with E-state index in [-0.39, 0.29) is 5.91 Å². The van der Waals surface area contributed by atoms with Gasteiger partial charge in [-0.25, -0.2) is 0 Å². The minimum atomic E-state index is 0.154. The Bertz CT molecular complexity index is 188. The van der Waals surface area contributed by atoms with E-state index in [2.05, 4.69) is 17.6 Å². The molecule has 1 saturated carbocycles. The summed E-state index contributed by atoms with van der Waals surface area (Å²) in [6, 6.07) is 0. The largest absolute Gasteiger partial charge is 0.356 e. The Balaban J connectivity index is 1.97. The van der Waals surface area contributed by atoms with Crippen molar-refractivity contribution in [2.45, 2.75) is 39.5 Å². The molecule has 1 aliphatic carbocycles. The van der Waals surface area contributed by atoms with Gasteiger partial charge in [0.2, 0.25) is 5.91 Å². The lowest BCUT2D eigenvalue weighted by molar-refractivity contribution is -0.120. The molecule has 0 aromatic rings. The molecule has 14 heavy (non-hydrogen) atoms. The summed E-state index contributed by atoms with van der Waals surface area (Å²) < 4.78 is 0. The second-order valence-electron chi connectivity index (χ2n) is 4.23. The second kappa shape index (κ2) is 5.35. The standard InChI is InChI=1S/C11H22N2O/c1-3-11(6-7-11)9-12-8-5-10(14)13-4-2/h12H,3-9H2,1-2H3,(H,13,14). The second-order valence-corrected chi connectivity index (χ2v) is 4.23. The van der Waals surface area contributed by atoms with Crippen LogP contribution in [0.5, 0.6) is 0 Å². The van der Waals surface area contributed by atoms with Crippen molar-refractivity contribution in [3.63, 3.8) is 0 Å². The highest BCUT2D eigenvalue weighted by Gasteiger charge is 2.39. The fourth-order valence-electron chi connectivity index (χ4n) is 1.67. The smallest absolute Gasteiger partial charge is 0.221 e. The van der Waals surface area contributed by atoms with Gasteiger partial charge in [0.15, 0.2) is 0 Å². The Morgan fingerprint density at radius 1 is 1.36 bits per heavy atom. The zero-order chi connectivity index (χ0) is 10.4. The van der Waals surface area contributed by atoms with Gasteiger partial charge in [-0.2, -0.15) is 0 Å². The predicted molar refractivity (Wildman–Crippen MR) is 58.1 cm³/mol. The summed E-state index contributed by atoms with van der Waals surface area (Å²) in [5, 5.41) is 6.16. The average Bonchev–Trinajstić information content (AvgIpc) is 2.94. The van der Waals surface area contributed by atoms with E-state index in [0.29, 0.717) is 11.8 Å². The molecule has 1 amide bonds. The molecule has 0 saturated heterocycles. The molecule has 82 valence electrons. The van der Waals surface area contributed by atoms with E-state index < -0.39 is 0 Å². The number of carbonyl (C=O) groups is 1. The Labute approximate surface area is 86.6 Å². The molecule has 3 heteroatoms. The third-order valence-corrected chi connectivity index (χ3v) is 3.11. The molecule has 1 fully saturated rings. The van der Waals surface area contributed by atoms with E-state index in [1.807, 2.05) is 6.92 Å². The molecule has 0 aromatic heterocycles. The summed E-state index contributed by atoms with van der Waals surface area (Å²) in [6.45, 7) is 6.83. The maximum atomic E-state index is 11.1. The van der Waals surface area contributed by atoms with E-state index in [9.17, 15) is 4.79 Å². The van der Waals surface area contributed by atoms with Crippen LogP contribution in [0.2, 0.25) is 0 Å². The highest BCUT2D eigenvalue weighted by molar-refractivity contribution is 5.75. The number of carbonyl (C=O) groups excluding carboxylic acids is 1. The molecule has 0 aromatic carbocycles. The van der Waals surface area contributed by atoms with Crippen molar-refractivity contribution >= 4 is 5.91 Å². The zero-order valence-corrected chi connectivity index (χ0v) is 9.36. The Hall–Kier alpha value is -0.570. The first-order valence-electron chi connectivity index (χ1n) is 5.70. The van der Waals surface area contributed by atoms with Crippen LogP contribution < -0.4 is 10.6 Å². The molecule has 0 aliphatic heterocycles. The number of hydrogen-bond donors (Lipinski definition) is 2. The van der Waals surface area contributed by atoms with Crippen LogP contribution in [0, 0.1) is 5.41 Å². The summed E-state index contributed by atoms with van der Waals surface area (Å²) >= 11 is 0. The summed E-state index contributed by atoms with van der Waals surface area (Å²) in [5.41, 5.74) is 0.585. The van der Waals surface area contributed by atoms with Crippen molar-refractivity contribution in [3.8, 4) is 0 Å². The van der Waals surface area contributed by atoms with Crippen LogP contribution in [-0.4, -0.2) is 25.5 Å². The Morgan fingerprint density at radius 3 is 2.57 bits per heavy atom. The van der Waals surface area contributed by atoms with Crippen molar-refractivity contribution in [1.29, 1.82) is 0 Å². The fraction of sp³-hybridized carbons (Fsp3) is 0.909. The number of amides is 1. The van der Waals surface area contributed by atoms with Crippen LogP contribution in [-0.2, 0) is 4.79 Å². The minimum Gasteiger partial charge on any atom is -0.356 e. The molecule has 0 spiro atoms. The lowest BCUT2D eigenvalue weighted by Gasteiger charge is -2.12. The normalized spacial score (nSPS) is 17.9. The van der Waals surface area contributed by atoms with Gasteiger partial charge in [0.1, 0.15) is 0 Å². The highest BCUT2D eigenvalue weighted by Crippen LogP contribution is 2.47. The molecule has 0 radical (unpaired) electrons. The monoisotopic (exact) mass is 198 g/mol. The van der Waals surface area contributed by atoms with Gasteiger partial charge in [0.05, 0.1) is 0 Å². The summed E-state index contributed by atoms with van der Waals surface area (Å²) in [7, 11) is 0. The van der Waals surface area contributed by atoms with Gasteiger partial charge in [-0.1, -0.05) is 6.92 Å². The first-order valence-corrected chi connectivity index (χ1v) is 5.70. The molecule has 3 nitrogen and oxygen atoms in total. The summed E-state index contributed by atoms with van der Waals surface area (Å²) in [5.74, 6) is 0.154. The van der Waals surface area contributed by atoms with Gasteiger partial charge < -0.3 is 10.6 Å². The van der Waals surface area contributed by atoms with Crippen molar-refractivity contribution in [2.24, 2.45) is 5.41 Å². The summed E-state index contributed by atoms with van der Waals surface area (Å²) in [6.07, 6.45) is 4.59. The van der Waals surface area contributed by atoms with Gasteiger partial charge in [-0.15, -0.1) is 0 Å². The molecule has 1 aliphatic rings. The maximum absolute atomic E-state index is 11.1. The van der Waals surface area contributed by atoms with E-state index in [1.54, 1.807) is 0 Å². The van der Waals surface area contributed by atoms with Crippen LogP contribution in [0.3, 0.4) is 0 Å².